The standard InChI is InChI=1S/C20H33N3O4S2/c1-27-16-10-8-15(9-11-16)23(14-6-4-2-3-5-7-14)20(26)22-19-21-12-18(29-19)28-13-17(24)25/h14-16,18H,2-13H2,1H3,(H,24,25)(H,21,22,26). The molecule has 1 atom stereocenters. The Morgan fingerprint density at radius 3 is 2.41 bits per heavy atom. The number of hydrogen-bond acceptors (Lipinski definition) is 6. The van der Waals surface area contributed by atoms with Gasteiger partial charge >= 0.3 is 12.0 Å². The van der Waals surface area contributed by atoms with Gasteiger partial charge in [0.25, 0.3) is 0 Å². The van der Waals surface area contributed by atoms with Crippen LogP contribution in [-0.4, -0.2) is 69.4 Å². The van der Waals surface area contributed by atoms with Crippen molar-refractivity contribution in [2.24, 2.45) is 4.99 Å². The largest absolute Gasteiger partial charge is 0.481 e. The second-order valence-electron chi connectivity index (χ2n) is 8.05. The van der Waals surface area contributed by atoms with Crippen molar-refractivity contribution in [1.29, 1.82) is 0 Å². The van der Waals surface area contributed by atoms with E-state index in [2.05, 4.69) is 15.2 Å². The van der Waals surface area contributed by atoms with Crippen LogP contribution in [0.3, 0.4) is 0 Å². The Balaban J connectivity index is 1.61. The number of aliphatic carboxylic acids is 1. The Kier molecular flexibility index (Phi) is 8.99. The number of carboxylic acids is 1. The third-order valence-electron chi connectivity index (χ3n) is 6.06. The highest BCUT2D eigenvalue weighted by molar-refractivity contribution is 8.25. The monoisotopic (exact) mass is 443 g/mol. The van der Waals surface area contributed by atoms with Crippen molar-refractivity contribution >= 4 is 40.7 Å². The van der Waals surface area contributed by atoms with E-state index in [0.29, 0.717) is 23.9 Å². The number of carbonyl (C=O) groups excluding carboxylic acids is 1. The molecule has 29 heavy (non-hydrogen) atoms. The average Bonchev–Trinajstić information content (AvgIpc) is 2.99. The Morgan fingerprint density at radius 1 is 1.14 bits per heavy atom. The summed E-state index contributed by atoms with van der Waals surface area (Å²) in [5.41, 5.74) is 0. The lowest BCUT2D eigenvalue weighted by atomic mass is 9.90. The van der Waals surface area contributed by atoms with Gasteiger partial charge < -0.3 is 14.7 Å². The molecule has 3 rings (SSSR count). The summed E-state index contributed by atoms with van der Waals surface area (Å²) in [5, 5.41) is 12.5. The van der Waals surface area contributed by atoms with E-state index in [0.717, 1.165) is 38.5 Å². The molecule has 2 amide bonds. The van der Waals surface area contributed by atoms with E-state index in [1.54, 1.807) is 7.11 Å². The molecule has 0 bridgehead atoms. The highest BCUT2D eigenvalue weighted by atomic mass is 32.2. The summed E-state index contributed by atoms with van der Waals surface area (Å²) in [4.78, 5) is 30.7. The van der Waals surface area contributed by atoms with Gasteiger partial charge in [-0.2, -0.15) is 0 Å². The molecule has 1 unspecified atom stereocenters. The fraction of sp³-hybridized carbons (Fsp3) is 0.850. The number of urea groups is 1. The van der Waals surface area contributed by atoms with E-state index in [1.807, 2.05) is 0 Å². The molecule has 9 heteroatoms. The van der Waals surface area contributed by atoms with Gasteiger partial charge in [-0.1, -0.05) is 37.4 Å². The van der Waals surface area contributed by atoms with Gasteiger partial charge in [0, 0.05) is 19.2 Å². The first-order valence-electron chi connectivity index (χ1n) is 10.7. The summed E-state index contributed by atoms with van der Waals surface area (Å²) >= 11 is 2.83. The van der Waals surface area contributed by atoms with Crippen LogP contribution >= 0.6 is 23.5 Å². The minimum atomic E-state index is -0.820. The molecule has 2 fully saturated rings. The molecule has 2 N–H and O–H groups in total. The predicted octanol–water partition coefficient (Wildman–Crippen LogP) is 3.93. The Morgan fingerprint density at radius 2 is 1.79 bits per heavy atom. The van der Waals surface area contributed by atoms with E-state index in [1.165, 1.54) is 49.2 Å². The molecule has 7 nitrogen and oxygen atoms in total. The van der Waals surface area contributed by atoms with Crippen molar-refractivity contribution in [2.75, 3.05) is 19.4 Å². The Labute approximate surface area is 181 Å². The molecule has 2 aliphatic carbocycles. The summed E-state index contributed by atoms with van der Waals surface area (Å²) in [6, 6.07) is 0.521. The zero-order chi connectivity index (χ0) is 20.6. The molecule has 0 aromatic heterocycles. The van der Waals surface area contributed by atoms with E-state index in [-0.39, 0.29) is 22.4 Å². The number of amidine groups is 1. The van der Waals surface area contributed by atoms with E-state index < -0.39 is 5.97 Å². The fourth-order valence-electron chi connectivity index (χ4n) is 4.56. The maximum Gasteiger partial charge on any atom is 0.323 e. The SMILES string of the molecule is COC1CCC(N(C(=O)NC2=NCC(SCC(=O)O)S2)C2CCCCCC2)CC1. The smallest absolute Gasteiger partial charge is 0.323 e. The maximum absolute atomic E-state index is 13.3. The second kappa shape index (κ2) is 11.5. The molecule has 0 spiro atoms. The summed E-state index contributed by atoms with van der Waals surface area (Å²) in [6.45, 7) is 0.542. The van der Waals surface area contributed by atoms with Crippen molar-refractivity contribution in [3.8, 4) is 0 Å². The lowest BCUT2D eigenvalue weighted by molar-refractivity contribution is -0.133. The number of methoxy groups -OCH3 is 1. The van der Waals surface area contributed by atoms with Crippen LogP contribution in [0, 0.1) is 0 Å². The van der Waals surface area contributed by atoms with Gasteiger partial charge in [0.2, 0.25) is 0 Å². The lowest BCUT2D eigenvalue weighted by Crippen LogP contribution is -2.53. The van der Waals surface area contributed by atoms with Crippen LogP contribution in [0.5, 0.6) is 0 Å². The number of carbonyl (C=O) groups is 2. The van der Waals surface area contributed by atoms with Crippen LogP contribution < -0.4 is 5.32 Å². The first kappa shape index (κ1) is 22.7. The molecule has 0 radical (unpaired) electrons. The zero-order valence-electron chi connectivity index (χ0n) is 17.2. The number of ether oxygens (including phenoxy) is 1. The number of hydrogen-bond donors (Lipinski definition) is 2. The van der Waals surface area contributed by atoms with Gasteiger partial charge in [-0.05, 0) is 38.5 Å². The van der Waals surface area contributed by atoms with Gasteiger partial charge in [0.05, 0.1) is 23.0 Å². The van der Waals surface area contributed by atoms with Crippen LogP contribution in [0.1, 0.15) is 64.2 Å². The first-order chi connectivity index (χ1) is 14.1. The van der Waals surface area contributed by atoms with Crippen molar-refractivity contribution in [3.05, 3.63) is 0 Å². The maximum atomic E-state index is 13.3. The summed E-state index contributed by atoms with van der Waals surface area (Å²) in [6.07, 6.45) is 11.3. The molecule has 2 saturated carbocycles. The molecule has 164 valence electrons. The molecule has 0 aromatic rings. The first-order valence-corrected chi connectivity index (χ1v) is 12.7. The van der Waals surface area contributed by atoms with E-state index in [4.69, 9.17) is 9.84 Å². The van der Waals surface area contributed by atoms with E-state index in [9.17, 15) is 9.59 Å². The number of carboxylic acid groups (broad SMARTS) is 1. The van der Waals surface area contributed by atoms with Crippen molar-refractivity contribution in [2.45, 2.75) is 87.0 Å². The summed E-state index contributed by atoms with van der Waals surface area (Å²) in [7, 11) is 1.77. The van der Waals surface area contributed by atoms with Crippen LogP contribution in [-0.2, 0) is 9.53 Å². The molecule has 0 aromatic carbocycles. The lowest BCUT2D eigenvalue weighted by Gasteiger charge is -2.41. The number of nitrogens with zero attached hydrogens (tertiary/aromatic N) is 2. The van der Waals surface area contributed by atoms with Crippen LogP contribution in [0.25, 0.3) is 0 Å². The van der Waals surface area contributed by atoms with Crippen molar-refractivity contribution in [3.63, 3.8) is 0 Å². The normalized spacial score (nSPS) is 28.4. The third-order valence-corrected chi connectivity index (χ3v) is 8.55. The number of nitrogens with one attached hydrogen (secondary N) is 1. The average molecular weight is 444 g/mol. The quantitative estimate of drug-likeness (QED) is 0.605. The molecule has 0 saturated heterocycles. The fourth-order valence-corrected chi connectivity index (χ4v) is 6.51. The Bertz CT molecular complexity index is 588. The third kappa shape index (κ3) is 6.79. The number of rotatable bonds is 6. The van der Waals surface area contributed by atoms with Gasteiger partial charge in [-0.15, -0.1) is 11.8 Å². The highest BCUT2D eigenvalue weighted by Gasteiger charge is 2.35. The minimum Gasteiger partial charge on any atom is -0.481 e. The van der Waals surface area contributed by atoms with Gasteiger partial charge in [0.15, 0.2) is 5.17 Å². The molecule has 1 heterocycles. The van der Waals surface area contributed by atoms with Gasteiger partial charge in [-0.25, -0.2) is 4.79 Å². The van der Waals surface area contributed by atoms with Crippen molar-refractivity contribution < 1.29 is 19.4 Å². The summed E-state index contributed by atoms with van der Waals surface area (Å²) < 4.78 is 5.58. The van der Waals surface area contributed by atoms with Gasteiger partial charge in [-0.3, -0.25) is 15.1 Å². The second-order valence-corrected chi connectivity index (χ2v) is 10.7. The molecule has 1 aliphatic heterocycles. The molecular weight excluding hydrogens is 410 g/mol. The van der Waals surface area contributed by atoms with Crippen LogP contribution in [0.4, 0.5) is 4.79 Å². The number of amides is 2. The van der Waals surface area contributed by atoms with E-state index >= 15 is 0 Å². The number of thioether (sulfide) groups is 2. The molecule has 3 aliphatic rings. The minimum absolute atomic E-state index is 0.0344. The predicted molar refractivity (Wildman–Crippen MR) is 119 cm³/mol. The number of aliphatic imine (C=N–C) groups is 1. The highest BCUT2D eigenvalue weighted by Crippen LogP contribution is 2.32. The zero-order valence-corrected chi connectivity index (χ0v) is 18.8. The van der Waals surface area contributed by atoms with Crippen molar-refractivity contribution in [1.82, 2.24) is 10.2 Å². The van der Waals surface area contributed by atoms with Crippen LogP contribution in [0.2, 0.25) is 0 Å². The topological polar surface area (TPSA) is 91.2 Å². The van der Waals surface area contributed by atoms with Gasteiger partial charge in [0.1, 0.15) is 0 Å². The Hall–Kier alpha value is -0.930. The molecular formula is C20H33N3O4S2. The van der Waals surface area contributed by atoms with Crippen LogP contribution in [0.15, 0.2) is 4.99 Å². The summed E-state index contributed by atoms with van der Waals surface area (Å²) in [5.74, 6) is -0.759.